The lowest BCUT2D eigenvalue weighted by molar-refractivity contribution is 0.257. The molecule has 9 nitrogen and oxygen atoms in total. The fourth-order valence-corrected chi connectivity index (χ4v) is 8.48. The van der Waals surface area contributed by atoms with Gasteiger partial charge in [0.1, 0.15) is 0 Å². The van der Waals surface area contributed by atoms with E-state index >= 15 is 0 Å². The number of aryl methyl sites for hydroxylation is 2. The zero-order valence-corrected chi connectivity index (χ0v) is 35.1. The Hall–Kier alpha value is -5.22. The molecule has 0 atom stereocenters. The van der Waals surface area contributed by atoms with Crippen molar-refractivity contribution in [3.05, 3.63) is 132 Å². The highest BCUT2D eigenvalue weighted by Crippen LogP contribution is 2.29. The highest BCUT2D eigenvalue weighted by atomic mass is 35.5. The van der Waals surface area contributed by atoms with E-state index in [0.29, 0.717) is 6.54 Å². The number of nitrogens with one attached hydrogen (secondary N) is 1. The molecule has 0 spiro atoms. The Morgan fingerprint density at radius 3 is 1.66 bits per heavy atom. The Morgan fingerprint density at radius 1 is 0.621 bits per heavy atom. The zero-order chi connectivity index (χ0) is 39.1. The van der Waals surface area contributed by atoms with Gasteiger partial charge in [0.15, 0.2) is 0 Å². The molecule has 8 rings (SSSR count). The van der Waals surface area contributed by atoms with Crippen molar-refractivity contribution < 1.29 is 4.79 Å². The van der Waals surface area contributed by atoms with E-state index in [9.17, 15) is 4.79 Å². The number of amides is 2. The summed E-state index contributed by atoms with van der Waals surface area (Å²) in [6.07, 6.45) is 2.76. The molecule has 2 amide bonds. The molecule has 2 fully saturated rings. The van der Waals surface area contributed by atoms with Crippen LogP contribution in [0, 0.1) is 13.8 Å². The van der Waals surface area contributed by atoms with Crippen molar-refractivity contribution in [3.63, 3.8) is 0 Å². The molecular formula is C48H57ClN8O. The molecule has 10 heteroatoms. The monoisotopic (exact) mass is 796 g/mol. The normalized spacial score (nSPS) is 15.1. The molecular weight excluding hydrogens is 740 g/mol. The number of rotatable bonds is 12. The van der Waals surface area contributed by atoms with Gasteiger partial charge in [-0.05, 0) is 117 Å². The molecule has 6 aromatic rings. The number of pyridine rings is 2. The van der Waals surface area contributed by atoms with Gasteiger partial charge in [-0.1, -0.05) is 43.3 Å². The minimum absolute atomic E-state index is 0. The number of nitrogens with zero attached hydrogens (tertiary/aromatic N) is 7. The smallest absolute Gasteiger partial charge is 0.326 e. The second-order valence-corrected chi connectivity index (χ2v) is 15.7. The first-order valence-corrected chi connectivity index (χ1v) is 20.8. The van der Waals surface area contributed by atoms with Crippen LogP contribution in [0.3, 0.4) is 0 Å². The van der Waals surface area contributed by atoms with Gasteiger partial charge < -0.3 is 15.1 Å². The third kappa shape index (κ3) is 9.72. The van der Waals surface area contributed by atoms with Crippen molar-refractivity contribution in [3.8, 4) is 0 Å². The number of piperazine rings is 2. The van der Waals surface area contributed by atoms with Crippen molar-refractivity contribution in [2.75, 3.05) is 92.0 Å². The van der Waals surface area contributed by atoms with Gasteiger partial charge in [0.05, 0.1) is 11.0 Å². The SMILES string of the molecule is CCCN(C(=O)Nc1cccc(CCN2CCN(c3cccc4nc(C)ccc34)CC2)c1)c1cccc(CCN2CCN(c3cccc4nc(C)ccc34)CC2)c1.Cl. The van der Waals surface area contributed by atoms with Crippen LogP contribution in [0.2, 0.25) is 0 Å². The molecule has 2 aliphatic rings. The lowest BCUT2D eigenvalue weighted by Crippen LogP contribution is -2.47. The van der Waals surface area contributed by atoms with Crippen LogP contribution in [0.1, 0.15) is 35.9 Å². The number of halogens is 1. The van der Waals surface area contributed by atoms with Crippen LogP contribution in [0.4, 0.5) is 27.5 Å². The van der Waals surface area contributed by atoms with Crippen LogP contribution in [-0.4, -0.2) is 97.8 Å². The van der Waals surface area contributed by atoms with Crippen molar-refractivity contribution in [1.82, 2.24) is 19.8 Å². The quantitative estimate of drug-likeness (QED) is 0.133. The van der Waals surface area contributed by atoms with E-state index in [-0.39, 0.29) is 18.4 Å². The van der Waals surface area contributed by atoms with Crippen molar-refractivity contribution in [2.24, 2.45) is 0 Å². The number of aromatic nitrogens is 2. The molecule has 0 saturated carbocycles. The number of urea groups is 1. The third-order valence-electron chi connectivity index (χ3n) is 11.6. The number of hydrogen-bond donors (Lipinski definition) is 1. The maximum absolute atomic E-state index is 13.8. The molecule has 58 heavy (non-hydrogen) atoms. The van der Waals surface area contributed by atoms with Crippen LogP contribution in [-0.2, 0) is 12.8 Å². The number of benzene rings is 4. The van der Waals surface area contributed by atoms with Gasteiger partial charge >= 0.3 is 6.03 Å². The summed E-state index contributed by atoms with van der Waals surface area (Å²) in [5.74, 6) is 0. The van der Waals surface area contributed by atoms with E-state index in [1.54, 1.807) is 0 Å². The van der Waals surface area contributed by atoms with Gasteiger partial charge in [0.25, 0.3) is 0 Å². The Kier molecular flexibility index (Phi) is 13.4. The largest absolute Gasteiger partial charge is 0.368 e. The van der Waals surface area contributed by atoms with Gasteiger partial charge in [0, 0.05) is 117 Å². The van der Waals surface area contributed by atoms with Gasteiger partial charge in [-0.3, -0.25) is 24.7 Å². The summed E-state index contributed by atoms with van der Waals surface area (Å²) in [6.45, 7) is 17.0. The fourth-order valence-electron chi connectivity index (χ4n) is 8.48. The second-order valence-electron chi connectivity index (χ2n) is 15.7. The molecule has 0 radical (unpaired) electrons. The van der Waals surface area contributed by atoms with Crippen LogP contribution >= 0.6 is 12.4 Å². The van der Waals surface area contributed by atoms with Crippen molar-refractivity contribution in [2.45, 2.75) is 40.0 Å². The summed E-state index contributed by atoms with van der Waals surface area (Å²) in [4.78, 5) is 35.3. The summed E-state index contributed by atoms with van der Waals surface area (Å²) in [7, 11) is 0. The molecule has 302 valence electrons. The Balaban J connectivity index is 0.00000512. The summed E-state index contributed by atoms with van der Waals surface area (Å²) < 4.78 is 0. The van der Waals surface area contributed by atoms with Crippen LogP contribution < -0.4 is 20.0 Å². The van der Waals surface area contributed by atoms with Gasteiger partial charge in [-0.15, -0.1) is 12.4 Å². The predicted molar refractivity (Wildman–Crippen MR) is 244 cm³/mol. The minimum atomic E-state index is -0.0870. The number of hydrogen-bond acceptors (Lipinski definition) is 7. The molecule has 4 aromatic carbocycles. The molecule has 2 saturated heterocycles. The van der Waals surface area contributed by atoms with E-state index in [0.717, 1.165) is 119 Å². The first-order chi connectivity index (χ1) is 27.9. The number of fused-ring (bicyclic) bond motifs is 2. The summed E-state index contributed by atoms with van der Waals surface area (Å²) in [6, 6.07) is 38.4. The molecule has 1 N–H and O–H groups in total. The zero-order valence-electron chi connectivity index (χ0n) is 34.2. The molecule has 4 heterocycles. The lowest BCUT2D eigenvalue weighted by atomic mass is 10.1. The van der Waals surface area contributed by atoms with Crippen LogP contribution in [0.25, 0.3) is 21.8 Å². The Bertz CT molecular complexity index is 2320. The van der Waals surface area contributed by atoms with E-state index in [4.69, 9.17) is 9.97 Å². The summed E-state index contributed by atoms with van der Waals surface area (Å²) in [5, 5.41) is 5.68. The van der Waals surface area contributed by atoms with E-state index in [1.807, 2.05) is 24.8 Å². The van der Waals surface area contributed by atoms with E-state index in [2.05, 4.69) is 135 Å². The first kappa shape index (κ1) is 41.0. The van der Waals surface area contributed by atoms with E-state index in [1.165, 1.54) is 33.3 Å². The molecule has 0 bridgehead atoms. The van der Waals surface area contributed by atoms with Gasteiger partial charge in [-0.25, -0.2) is 4.79 Å². The highest BCUT2D eigenvalue weighted by molar-refractivity contribution is 6.02. The highest BCUT2D eigenvalue weighted by Gasteiger charge is 2.21. The fraction of sp³-hybridized carbons (Fsp3) is 0.354. The Morgan fingerprint density at radius 2 is 1.12 bits per heavy atom. The van der Waals surface area contributed by atoms with E-state index < -0.39 is 0 Å². The maximum atomic E-state index is 13.8. The number of carbonyl (C=O) groups is 1. The number of anilines is 4. The number of carbonyl (C=O) groups excluding carboxylic acids is 1. The minimum Gasteiger partial charge on any atom is -0.368 e. The summed E-state index contributed by atoms with van der Waals surface area (Å²) in [5.41, 5.74) is 11.1. The molecule has 2 aromatic heterocycles. The average Bonchev–Trinajstić information content (AvgIpc) is 3.24. The maximum Gasteiger partial charge on any atom is 0.326 e. The van der Waals surface area contributed by atoms with Gasteiger partial charge in [0.2, 0.25) is 0 Å². The molecule has 0 unspecified atom stereocenters. The summed E-state index contributed by atoms with van der Waals surface area (Å²) >= 11 is 0. The lowest BCUT2D eigenvalue weighted by Gasteiger charge is -2.36. The van der Waals surface area contributed by atoms with Crippen molar-refractivity contribution in [1.29, 1.82) is 0 Å². The van der Waals surface area contributed by atoms with Crippen molar-refractivity contribution >= 4 is 63.0 Å². The topological polar surface area (TPSA) is 71.1 Å². The molecule has 2 aliphatic heterocycles. The van der Waals surface area contributed by atoms with Gasteiger partial charge in [-0.2, -0.15) is 0 Å². The molecule has 0 aliphatic carbocycles. The van der Waals surface area contributed by atoms with Crippen LogP contribution in [0.15, 0.2) is 109 Å². The Labute approximate surface area is 350 Å². The standard InChI is InChI=1S/C48H56N8O.ClH/c1-4-23-56(41-12-6-10-39(35-41)22-25-53-28-32-55(33-29-53)47-16-8-14-45-43(47)20-18-37(3)50-45)48(57)51-40-11-5-9-38(34-40)21-24-52-26-30-54(31-27-52)46-15-7-13-44-42(46)19-17-36(2)49-44;/h5-20,34-35H,4,21-33H2,1-3H3,(H,51,57);1H. The van der Waals surface area contributed by atoms with Crippen LogP contribution in [0.5, 0.6) is 0 Å². The second kappa shape index (κ2) is 19.0. The predicted octanol–water partition coefficient (Wildman–Crippen LogP) is 9.00. The third-order valence-corrected chi connectivity index (χ3v) is 11.6. The average molecular weight is 797 g/mol. The first-order valence-electron chi connectivity index (χ1n) is 20.8.